The highest BCUT2D eigenvalue weighted by Gasteiger charge is 2.38. The van der Waals surface area contributed by atoms with Crippen molar-refractivity contribution in [2.45, 2.75) is 18.8 Å². The monoisotopic (exact) mass is 377 g/mol. The van der Waals surface area contributed by atoms with E-state index in [4.69, 9.17) is 9.47 Å². The summed E-state index contributed by atoms with van der Waals surface area (Å²) in [6.07, 6.45) is 1.11. The van der Waals surface area contributed by atoms with Crippen molar-refractivity contribution in [2.24, 2.45) is 0 Å². The molecule has 0 spiro atoms. The van der Waals surface area contributed by atoms with Crippen LogP contribution in [0, 0.1) is 5.82 Å². The third-order valence-corrected chi connectivity index (χ3v) is 5.43. The number of amides is 1. The van der Waals surface area contributed by atoms with Crippen LogP contribution in [0.4, 0.5) is 9.39 Å². The van der Waals surface area contributed by atoms with Gasteiger partial charge in [0.2, 0.25) is 0 Å². The van der Waals surface area contributed by atoms with Crippen LogP contribution in [0.1, 0.15) is 43.5 Å². The van der Waals surface area contributed by atoms with Gasteiger partial charge in [-0.25, -0.2) is 9.18 Å². The van der Waals surface area contributed by atoms with Gasteiger partial charge in [0.15, 0.2) is 0 Å². The predicted molar refractivity (Wildman–Crippen MR) is 93.1 cm³/mol. The Morgan fingerprint density at radius 2 is 1.92 bits per heavy atom. The van der Waals surface area contributed by atoms with E-state index in [0.717, 1.165) is 4.88 Å². The van der Waals surface area contributed by atoms with Crippen molar-refractivity contribution in [1.29, 1.82) is 0 Å². The van der Waals surface area contributed by atoms with Crippen molar-refractivity contribution in [3.05, 3.63) is 51.7 Å². The Hall–Kier alpha value is -2.74. The molecule has 0 saturated heterocycles. The fourth-order valence-corrected chi connectivity index (χ4v) is 4.31. The lowest BCUT2D eigenvalue weighted by molar-refractivity contribution is -0.142. The molecule has 3 rings (SSSR count). The van der Waals surface area contributed by atoms with Gasteiger partial charge in [-0.3, -0.25) is 9.59 Å². The van der Waals surface area contributed by atoms with Gasteiger partial charge in [-0.05, 0) is 30.5 Å². The molecule has 0 aliphatic heterocycles. The summed E-state index contributed by atoms with van der Waals surface area (Å²) in [5, 5.41) is 2.82. The number of carbonyl (C=O) groups is 3. The molecular formula is C18H16FNO5S. The minimum Gasteiger partial charge on any atom is -0.469 e. The van der Waals surface area contributed by atoms with Crippen molar-refractivity contribution >= 4 is 34.2 Å². The average molecular weight is 377 g/mol. The number of carbonyl (C=O) groups excluding carboxylic acids is 3. The molecule has 1 amide bonds. The number of thiophene rings is 1. The molecule has 1 N–H and O–H groups in total. The average Bonchev–Trinajstić information content (AvgIpc) is 3.19. The molecule has 0 bridgehead atoms. The SMILES string of the molecule is COC(=O)c1c(NC(=O)c2ccccc2F)sc2c1[C@H](C(=O)OC)CC2. The first-order valence-electron chi connectivity index (χ1n) is 7.85. The maximum atomic E-state index is 13.8. The van der Waals surface area contributed by atoms with E-state index in [1.807, 2.05) is 0 Å². The second-order valence-corrected chi connectivity index (χ2v) is 6.79. The molecule has 0 radical (unpaired) electrons. The fourth-order valence-electron chi connectivity index (χ4n) is 3.05. The van der Waals surface area contributed by atoms with Crippen LogP contribution in [-0.2, 0) is 20.7 Å². The van der Waals surface area contributed by atoms with Crippen LogP contribution in [0.25, 0.3) is 0 Å². The van der Waals surface area contributed by atoms with E-state index in [1.54, 1.807) is 6.07 Å². The third kappa shape index (κ3) is 3.08. The van der Waals surface area contributed by atoms with Crippen molar-refractivity contribution in [3.63, 3.8) is 0 Å². The van der Waals surface area contributed by atoms with Gasteiger partial charge < -0.3 is 14.8 Å². The maximum Gasteiger partial charge on any atom is 0.341 e. The first-order chi connectivity index (χ1) is 12.5. The number of halogens is 1. The molecule has 2 aromatic rings. The standard InChI is InChI=1S/C18H16FNO5S/c1-24-17(22)10-7-8-12-13(10)14(18(23)25-2)16(26-12)20-15(21)9-5-3-4-6-11(9)19/h3-6,10H,7-8H2,1-2H3,(H,20,21)/t10-/m1/s1. The van der Waals surface area contributed by atoms with Gasteiger partial charge >= 0.3 is 11.9 Å². The molecule has 0 unspecified atom stereocenters. The number of hydrogen-bond acceptors (Lipinski definition) is 6. The highest BCUT2D eigenvalue weighted by Crippen LogP contribution is 2.46. The smallest absolute Gasteiger partial charge is 0.341 e. The van der Waals surface area contributed by atoms with Crippen molar-refractivity contribution in [2.75, 3.05) is 19.5 Å². The summed E-state index contributed by atoms with van der Waals surface area (Å²) < 4.78 is 23.5. The van der Waals surface area contributed by atoms with E-state index in [0.29, 0.717) is 18.4 Å². The summed E-state index contributed by atoms with van der Waals surface area (Å²) in [7, 11) is 2.50. The van der Waals surface area contributed by atoms with Gasteiger partial charge in [0, 0.05) is 4.88 Å². The van der Waals surface area contributed by atoms with E-state index >= 15 is 0 Å². The van der Waals surface area contributed by atoms with Gasteiger partial charge in [0.1, 0.15) is 10.8 Å². The molecule has 1 aliphatic rings. The highest BCUT2D eigenvalue weighted by molar-refractivity contribution is 7.17. The van der Waals surface area contributed by atoms with Gasteiger partial charge in [-0.15, -0.1) is 11.3 Å². The zero-order valence-corrected chi connectivity index (χ0v) is 14.9. The molecule has 1 heterocycles. The summed E-state index contributed by atoms with van der Waals surface area (Å²) in [6.45, 7) is 0. The largest absolute Gasteiger partial charge is 0.469 e. The topological polar surface area (TPSA) is 81.7 Å². The maximum absolute atomic E-state index is 13.8. The fraction of sp³-hybridized carbons (Fsp3) is 0.278. The van der Waals surface area contributed by atoms with E-state index in [1.165, 1.54) is 43.8 Å². The van der Waals surface area contributed by atoms with Crippen LogP contribution >= 0.6 is 11.3 Å². The Labute approximate surface area is 152 Å². The van der Waals surface area contributed by atoms with Gasteiger partial charge in [0.05, 0.1) is 31.3 Å². The number of anilines is 1. The zero-order valence-electron chi connectivity index (χ0n) is 14.1. The number of ether oxygens (including phenoxy) is 2. The molecule has 0 fully saturated rings. The number of methoxy groups -OCH3 is 2. The minimum atomic E-state index is -0.678. The molecule has 1 atom stereocenters. The molecular weight excluding hydrogens is 361 g/mol. The second kappa shape index (κ2) is 7.25. The lowest BCUT2D eigenvalue weighted by Gasteiger charge is -2.12. The summed E-state index contributed by atoms with van der Waals surface area (Å²) in [6, 6.07) is 5.55. The van der Waals surface area contributed by atoms with Gasteiger partial charge in [0.25, 0.3) is 5.91 Å². The van der Waals surface area contributed by atoms with E-state index in [2.05, 4.69) is 5.32 Å². The minimum absolute atomic E-state index is 0.130. The molecule has 1 aromatic carbocycles. The number of benzene rings is 1. The molecule has 26 heavy (non-hydrogen) atoms. The number of fused-ring (bicyclic) bond motifs is 1. The van der Waals surface area contributed by atoms with Crippen molar-refractivity contribution in [3.8, 4) is 0 Å². The number of nitrogens with one attached hydrogen (secondary N) is 1. The predicted octanol–water partition coefficient (Wildman–Crippen LogP) is 3.13. The van der Waals surface area contributed by atoms with Crippen molar-refractivity contribution < 1.29 is 28.2 Å². The zero-order chi connectivity index (χ0) is 18.8. The Kier molecular flexibility index (Phi) is 5.03. The van der Waals surface area contributed by atoms with Gasteiger partial charge in [-0.2, -0.15) is 0 Å². The van der Waals surface area contributed by atoms with Crippen LogP contribution in [0.2, 0.25) is 0 Å². The Bertz CT molecular complexity index is 892. The Morgan fingerprint density at radius 3 is 2.58 bits per heavy atom. The first kappa shape index (κ1) is 18.1. The molecule has 136 valence electrons. The Morgan fingerprint density at radius 1 is 1.19 bits per heavy atom. The van der Waals surface area contributed by atoms with Crippen LogP contribution < -0.4 is 5.32 Å². The highest BCUT2D eigenvalue weighted by atomic mass is 32.1. The summed E-state index contributed by atoms with van der Waals surface area (Å²) in [4.78, 5) is 37.6. The lowest BCUT2D eigenvalue weighted by Crippen LogP contribution is -2.18. The Balaban J connectivity index is 2.01. The van der Waals surface area contributed by atoms with Crippen molar-refractivity contribution in [1.82, 2.24) is 0 Å². The molecule has 0 saturated carbocycles. The quantitative estimate of drug-likeness (QED) is 0.828. The van der Waals surface area contributed by atoms with Crippen LogP contribution in [0.5, 0.6) is 0 Å². The third-order valence-electron chi connectivity index (χ3n) is 4.25. The van der Waals surface area contributed by atoms with Crippen LogP contribution in [0.15, 0.2) is 24.3 Å². The van der Waals surface area contributed by atoms with Gasteiger partial charge in [-0.1, -0.05) is 12.1 Å². The van der Waals surface area contributed by atoms with E-state index < -0.39 is 29.6 Å². The van der Waals surface area contributed by atoms with E-state index in [9.17, 15) is 18.8 Å². The molecule has 1 aliphatic carbocycles. The number of hydrogen-bond donors (Lipinski definition) is 1. The molecule has 1 aromatic heterocycles. The van der Waals surface area contributed by atoms with E-state index in [-0.39, 0.29) is 16.1 Å². The van der Waals surface area contributed by atoms with Crippen LogP contribution in [-0.4, -0.2) is 32.1 Å². The summed E-state index contributed by atoms with van der Waals surface area (Å²) in [5.74, 6) is -3.04. The van der Waals surface area contributed by atoms with Crippen LogP contribution in [0.3, 0.4) is 0 Å². The first-order valence-corrected chi connectivity index (χ1v) is 8.67. The molecule has 8 heteroatoms. The lowest BCUT2D eigenvalue weighted by atomic mass is 9.99. The number of esters is 2. The number of rotatable bonds is 4. The summed E-state index contributed by atoms with van der Waals surface area (Å²) in [5.41, 5.74) is 0.518. The summed E-state index contributed by atoms with van der Waals surface area (Å²) >= 11 is 1.19. The molecule has 6 nitrogen and oxygen atoms in total. The second-order valence-electron chi connectivity index (χ2n) is 5.68. The number of aryl methyl sites for hydroxylation is 1. The normalized spacial score (nSPS) is 15.3.